The Balaban J connectivity index is 2.28. The smallest absolute Gasteiger partial charge is 0.419 e. The Morgan fingerprint density at radius 2 is 1.64 bits per heavy atom. The Morgan fingerprint density at radius 3 is 2.19 bits per heavy atom. The predicted molar refractivity (Wildman–Crippen MR) is 129 cm³/mol. The molecule has 0 aliphatic rings. The first-order chi connectivity index (χ1) is 16.7. The molecule has 0 unspecified atom stereocenters. The topological polar surface area (TPSA) is 77.8 Å². The van der Waals surface area contributed by atoms with Gasteiger partial charge >= 0.3 is 18.2 Å². The van der Waals surface area contributed by atoms with Crippen LogP contribution in [0.2, 0.25) is 0 Å². The monoisotopic (exact) mass is 504 g/mol. The molecule has 0 atom stereocenters. The third-order valence-electron chi connectivity index (χ3n) is 5.17. The van der Waals surface area contributed by atoms with Crippen molar-refractivity contribution in [1.82, 2.24) is 4.57 Å². The van der Waals surface area contributed by atoms with E-state index in [0.717, 1.165) is 16.7 Å². The second-order valence-electron chi connectivity index (χ2n) is 9.11. The number of ketones is 1. The second-order valence-corrected chi connectivity index (χ2v) is 9.11. The zero-order chi connectivity index (χ0) is 26.8. The highest BCUT2D eigenvalue weighted by molar-refractivity contribution is 6.12. The molecule has 0 aliphatic carbocycles. The van der Waals surface area contributed by atoms with Crippen molar-refractivity contribution in [3.63, 3.8) is 0 Å². The molecule has 0 amide bonds. The molecule has 0 spiro atoms. The van der Waals surface area contributed by atoms with E-state index in [1.54, 1.807) is 58.0 Å². The van der Waals surface area contributed by atoms with Crippen molar-refractivity contribution in [2.24, 2.45) is 0 Å². The highest BCUT2D eigenvalue weighted by Gasteiger charge is 2.36. The number of fused-ring (bicyclic) bond motifs is 1. The summed E-state index contributed by atoms with van der Waals surface area (Å²) in [6.45, 7) is 6.07. The maximum absolute atomic E-state index is 13.6. The molecule has 36 heavy (non-hydrogen) atoms. The molecule has 192 valence electrons. The first-order valence-electron chi connectivity index (χ1n) is 11.2. The Morgan fingerprint density at radius 1 is 1.00 bits per heavy atom. The number of hydrogen-bond donors (Lipinski definition) is 0. The summed E-state index contributed by atoms with van der Waals surface area (Å²) in [7, 11) is 1.51. The molecule has 7 nitrogen and oxygen atoms in total. The van der Waals surface area contributed by atoms with Crippen molar-refractivity contribution in [2.75, 3.05) is 25.1 Å². The highest BCUT2D eigenvalue weighted by atomic mass is 19.4. The Bertz CT molecular complexity index is 1290. The van der Waals surface area contributed by atoms with Crippen LogP contribution >= 0.6 is 0 Å². The maximum atomic E-state index is 13.6. The average Bonchev–Trinajstić information content (AvgIpc) is 3.13. The number of carbonyl (C=O) groups is 3. The third-order valence-corrected chi connectivity index (χ3v) is 5.17. The van der Waals surface area contributed by atoms with Crippen molar-refractivity contribution in [3.8, 4) is 0 Å². The lowest BCUT2D eigenvalue weighted by atomic mass is 10.1. The number of nitrogens with zero attached hydrogens (tertiary/aromatic N) is 2. The van der Waals surface area contributed by atoms with Crippen molar-refractivity contribution in [3.05, 3.63) is 65.4 Å². The molecule has 0 saturated heterocycles. The minimum Gasteiger partial charge on any atom is -0.461 e. The minimum atomic E-state index is -4.70. The van der Waals surface area contributed by atoms with Gasteiger partial charge in [0.1, 0.15) is 5.60 Å². The number of rotatable bonds is 6. The van der Waals surface area contributed by atoms with Gasteiger partial charge in [-0.05, 0) is 39.8 Å². The van der Waals surface area contributed by atoms with Gasteiger partial charge in [-0.2, -0.15) is 13.2 Å². The fourth-order valence-corrected chi connectivity index (χ4v) is 3.73. The normalized spacial score (nSPS) is 11.9. The molecule has 3 rings (SSSR count). The fraction of sp³-hybridized carbons (Fsp3) is 0.346. The SMILES string of the molecule is CCOC(=O)c1c(N(C)CC(=O)c2ccccc2)c2ccc(C(F)(F)F)cc2n1C(=O)OC(C)(C)C. The summed E-state index contributed by atoms with van der Waals surface area (Å²) in [5, 5.41) is 0.153. The number of carbonyl (C=O) groups excluding carboxylic acids is 3. The van der Waals surface area contributed by atoms with E-state index >= 15 is 0 Å². The Labute approximate surface area is 206 Å². The molecular formula is C26H27F3N2O5. The molecule has 0 N–H and O–H groups in total. The van der Waals surface area contributed by atoms with Crippen LogP contribution < -0.4 is 4.90 Å². The summed E-state index contributed by atoms with van der Waals surface area (Å²) >= 11 is 0. The number of likely N-dealkylation sites (N-methyl/N-ethyl adjacent to an activating group) is 1. The van der Waals surface area contributed by atoms with Gasteiger partial charge in [-0.1, -0.05) is 36.4 Å². The summed E-state index contributed by atoms with van der Waals surface area (Å²) in [5.74, 6) is -1.24. The fourth-order valence-electron chi connectivity index (χ4n) is 3.73. The van der Waals surface area contributed by atoms with Gasteiger partial charge in [0.25, 0.3) is 0 Å². The van der Waals surface area contributed by atoms with E-state index in [2.05, 4.69) is 0 Å². The number of hydrogen-bond acceptors (Lipinski definition) is 6. The largest absolute Gasteiger partial charge is 0.461 e. The quantitative estimate of drug-likeness (QED) is 0.306. The van der Waals surface area contributed by atoms with Crippen LogP contribution in [0.15, 0.2) is 48.5 Å². The lowest BCUT2D eigenvalue weighted by Crippen LogP contribution is -2.31. The van der Waals surface area contributed by atoms with Crippen LogP contribution in [0.4, 0.5) is 23.7 Å². The first-order valence-corrected chi connectivity index (χ1v) is 11.2. The summed E-state index contributed by atoms with van der Waals surface area (Å²) in [4.78, 5) is 40.6. The van der Waals surface area contributed by atoms with Gasteiger partial charge in [0.2, 0.25) is 0 Å². The summed E-state index contributed by atoms with van der Waals surface area (Å²) in [6, 6.07) is 11.2. The van der Waals surface area contributed by atoms with Crippen molar-refractivity contribution in [2.45, 2.75) is 39.5 Å². The number of halogens is 3. The van der Waals surface area contributed by atoms with E-state index in [1.165, 1.54) is 18.0 Å². The number of anilines is 1. The average molecular weight is 505 g/mol. The number of Topliss-reactive ketones (excluding diaryl/α,β-unsaturated/α-hetero) is 1. The standard InChI is InChI=1S/C26H27F3N2O5/c1-6-35-23(33)22-21(30(5)15-20(32)16-10-8-7-9-11-16)18-13-12-17(26(27,28)29)14-19(18)31(22)24(34)36-25(2,3)4/h7-14H,6,15H2,1-5H3. The molecule has 0 fully saturated rings. The molecule has 0 saturated carbocycles. The number of ether oxygens (including phenoxy) is 2. The van der Waals surface area contributed by atoms with Gasteiger partial charge in [-0.3, -0.25) is 4.79 Å². The summed E-state index contributed by atoms with van der Waals surface area (Å²) in [6.07, 6.45) is -5.75. The van der Waals surface area contributed by atoms with Crippen LogP contribution in [0.5, 0.6) is 0 Å². The van der Waals surface area contributed by atoms with E-state index in [4.69, 9.17) is 9.47 Å². The van der Waals surface area contributed by atoms with Crippen LogP contribution in [0.1, 0.15) is 54.1 Å². The molecular weight excluding hydrogens is 477 g/mol. The van der Waals surface area contributed by atoms with Gasteiger partial charge in [-0.25, -0.2) is 14.2 Å². The van der Waals surface area contributed by atoms with Gasteiger partial charge in [0, 0.05) is 18.0 Å². The van der Waals surface area contributed by atoms with E-state index in [9.17, 15) is 27.6 Å². The Kier molecular flexibility index (Phi) is 7.47. The molecule has 1 aromatic heterocycles. The number of benzene rings is 2. The van der Waals surface area contributed by atoms with E-state index in [0.29, 0.717) is 5.56 Å². The molecule has 1 heterocycles. The number of alkyl halides is 3. The van der Waals surface area contributed by atoms with Crippen LogP contribution in [0.3, 0.4) is 0 Å². The zero-order valence-corrected chi connectivity index (χ0v) is 20.6. The minimum absolute atomic E-state index is 0.0470. The zero-order valence-electron chi connectivity index (χ0n) is 20.6. The van der Waals surface area contributed by atoms with Crippen LogP contribution in [0.25, 0.3) is 10.9 Å². The summed E-state index contributed by atoms with van der Waals surface area (Å²) < 4.78 is 52.0. The lowest BCUT2D eigenvalue weighted by Gasteiger charge is -2.22. The van der Waals surface area contributed by atoms with Crippen LogP contribution in [0, 0.1) is 0 Å². The lowest BCUT2D eigenvalue weighted by molar-refractivity contribution is -0.137. The van der Waals surface area contributed by atoms with Crippen molar-refractivity contribution in [1.29, 1.82) is 0 Å². The highest BCUT2D eigenvalue weighted by Crippen LogP contribution is 2.39. The summed E-state index contributed by atoms with van der Waals surface area (Å²) in [5.41, 5.74) is -2.05. The Hall–Kier alpha value is -3.82. The van der Waals surface area contributed by atoms with Gasteiger partial charge in [0.15, 0.2) is 11.5 Å². The first kappa shape index (κ1) is 26.8. The van der Waals surface area contributed by atoms with Crippen molar-refractivity contribution < 1.29 is 37.0 Å². The van der Waals surface area contributed by atoms with E-state index < -0.39 is 29.4 Å². The van der Waals surface area contributed by atoms with Crippen molar-refractivity contribution >= 4 is 34.4 Å². The predicted octanol–water partition coefficient (Wildman–Crippen LogP) is 5.94. The van der Waals surface area contributed by atoms with Crippen LogP contribution in [-0.2, 0) is 15.7 Å². The molecule has 2 aromatic carbocycles. The number of aromatic nitrogens is 1. The van der Waals surface area contributed by atoms with Gasteiger partial charge in [0.05, 0.1) is 29.9 Å². The maximum Gasteiger partial charge on any atom is 0.419 e. The molecule has 10 heteroatoms. The van der Waals surface area contributed by atoms with E-state index in [1.807, 2.05) is 0 Å². The third kappa shape index (κ3) is 5.69. The van der Waals surface area contributed by atoms with Gasteiger partial charge in [-0.15, -0.1) is 0 Å². The second kappa shape index (κ2) is 10.0. The molecule has 0 radical (unpaired) electrons. The molecule has 0 bridgehead atoms. The van der Waals surface area contributed by atoms with Gasteiger partial charge < -0.3 is 14.4 Å². The molecule has 0 aliphatic heterocycles. The number of esters is 1. The van der Waals surface area contributed by atoms with E-state index in [-0.39, 0.29) is 41.2 Å². The van der Waals surface area contributed by atoms with Crippen LogP contribution in [-0.4, -0.2) is 48.2 Å². The molecule has 3 aromatic rings.